The molecule has 0 amide bonds. The first-order valence-corrected chi connectivity index (χ1v) is 12.8. The Hall–Kier alpha value is -2.47. The number of hydrogen-bond donors (Lipinski definition) is 3. The molecule has 1 heterocycles. The molecule has 4 fully saturated rings. The first-order chi connectivity index (χ1) is 16.1. The van der Waals surface area contributed by atoms with Gasteiger partial charge in [-0.3, -0.25) is 14.6 Å². The molecule has 3 N–H and O–H groups in total. The van der Waals surface area contributed by atoms with Gasteiger partial charge in [0.1, 0.15) is 5.60 Å². The first kappa shape index (κ1) is 22.0. The summed E-state index contributed by atoms with van der Waals surface area (Å²) in [4.78, 5) is 29.9. The quantitative estimate of drug-likeness (QED) is 0.614. The lowest BCUT2D eigenvalue weighted by atomic mass is 9.53. The van der Waals surface area contributed by atoms with Crippen LogP contribution in [-0.4, -0.2) is 38.9 Å². The van der Waals surface area contributed by atoms with E-state index in [9.17, 15) is 19.8 Å². The number of carbonyl (C=O) groups is 2. The Morgan fingerprint density at radius 1 is 1.29 bits per heavy atom. The van der Waals surface area contributed by atoms with Crippen molar-refractivity contribution >= 4 is 17.3 Å². The maximum Gasteiger partial charge on any atom is 0.183 e. The summed E-state index contributed by atoms with van der Waals surface area (Å²) in [6, 6.07) is 1.75. The van der Waals surface area contributed by atoms with E-state index in [1.54, 1.807) is 12.1 Å². The number of anilines is 1. The van der Waals surface area contributed by atoms with Gasteiger partial charge in [0.15, 0.2) is 17.3 Å². The Balaban J connectivity index is 1.27. The number of rotatable bonds is 5. The van der Waals surface area contributed by atoms with E-state index in [-0.39, 0.29) is 46.5 Å². The molecule has 1 spiro atoms. The van der Waals surface area contributed by atoms with E-state index < -0.39 is 5.60 Å². The summed E-state index contributed by atoms with van der Waals surface area (Å²) in [5.41, 5.74) is 1.75. The predicted molar refractivity (Wildman–Crippen MR) is 128 cm³/mol. The van der Waals surface area contributed by atoms with Crippen LogP contribution in [0.2, 0.25) is 0 Å². The van der Waals surface area contributed by atoms with Gasteiger partial charge < -0.3 is 15.5 Å². The summed E-state index contributed by atoms with van der Waals surface area (Å²) in [5.74, 6) is 0.997. The number of allylic oxidation sites excluding steroid dienone is 4. The number of fused-ring (bicyclic) bond motifs is 2. The van der Waals surface area contributed by atoms with Crippen LogP contribution in [0.3, 0.4) is 0 Å². The largest absolute Gasteiger partial charge is 0.504 e. The van der Waals surface area contributed by atoms with Crippen molar-refractivity contribution in [2.24, 2.45) is 34.5 Å². The molecule has 7 unspecified atom stereocenters. The minimum atomic E-state index is -1.34. The SMILES string of the molecule is CCc1nc(C)cc(NCC(=O)C2(O)CC3(C)CCC4C5C=CC(=O)C=C5CCC45C3C25)c1O. The molecule has 180 valence electrons. The van der Waals surface area contributed by atoms with Crippen LogP contribution >= 0.6 is 0 Å². The van der Waals surface area contributed by atoms with Gasteiger partial charge in [-0.05, 0) is 86.3 Å². The summed E-state index contributed by atoms with van der Waals surface area (Å²) in [6.07, 6.45) is 10.7. The van der Waals surface area contributed by atoms with Gasteiger partial charge in [-0.2, -0.15) is 0 Å². The molecule has 34 heavy (non-hydrogen) atoms. The Morgan fingerprint density at radius 2 is 2.09 bits per heavy atom. The Kier molecular flexibility index (Phi) is 4.55. The second-order valence-electron chi connectivity index (χ2n) is 11.7. The molecule has 7 atom stereocenters. The van der Waals surface area contributed by atoms with E-state index in [0.717, 1.165) is 31.4 Å². The van der Waals surface area contributed by atoms with E-state index in [1.165, 1.54) is 5.57 Å². The molecule has 0 aliphatic heterocycles. The molecule has 0 aromatic carbocycles. The zero-order chi connectivity index (χ0) is 24.0. The first-order valence-electron chi connectivity index (χ1n) is 12.8. The Bertz CT molecular complexity index is 1170. The standard InChI is InChI=1S/C28H34N2O4/c1-4-20-23(33)21(11-15(2)30-20)29-13-22(32)28(34)14-26(3)9-8-19-18-6-5-17(31)12-16(18)7-10-27(19)24(26)25(27)28/h5-6,11-12,18-19,24-25,33-34H,4,7-10,13-14H2,1-3H3,(H,29,30). The lowest BCUT2D eigenvalue weighted by molar-refractivity contribution is -0.143. The zero-order valence-electron chi connectivity index (χ0n) is 20.2. The molecular weight excluding hydrogens is 428 g/mol. The number of aromatic hydroxyl groups is 1. The third-order valence-electron chi connectivity index (χ3n) is 9.99. The third kappa shape index (κ3) is 2.75. The van der Waals surface area contributed by atoms with Gasteiger partial charge in [0.05, 0.1) is 17.9 Å². The number of aromatic nitrogens is 1. The maximum absolute atomic E-state index is 13.6. The molecule has 5 aliphatic rings. The normalized spacial score (nSPS) is 41.3. The second kappa shape index (κ2) is 7.03. The average molecular weight is 463 g/mol. The fourth-order valence-corrected chi connectivity index (χ4v) is 8.89. The molecule has 6 rings (SSSR count). The molecule has 5 aliphatic carbocycles. The van der Waals surface area contributed by atoms with E-state index >= 15 is 0 Å². The number of aliphatic hydroxyl groups is 1. The van der Waals surface area contributed by atoms with Crippen molar-refractivity contribution in [1.82, 2.24) is 4.98 Å². The summed E-state index contributed by atoms with van der Waals surface area (Å²) in [7, 11) is 0. The van der Waals surface area contributed by atoms with E-state index in [2.05, 4.69) is 23.3 Å². The van der Waals surface area contributed by atoms with Crippen LogP contribution < -0.4 is 5.32 Å². The highest BCUT2D eigenvalue weighted by Gasteiger charge is 2.86. The lowest BCUT2D eigenvalue weighted by Crippen LogP contribution is -2.51. The predicted octanol–water partition coefficient (Wildman–Crippen LogP) is 3.90. The van der Waals surface area contributed by atoms with Gasteiger partial charge in [-0.15, -0.1) is 0 Å². The van der Waals surface area contributed by atoms with Gasteiger partial charge in [0.2, 0.25) is 0 Å². The van der Waals surface area contributed by atoms with Crippen LogP contribution in [0.15, 0.2) is 29.9 Å². The number of ketones is 2. The molecule has 0 radical (unpaired) electrons. The summed E-state index contributed by atoms with van der Waals surface area (Å²) in [6.45, 7) is 6.05. The number of nitrogens with zero attached hydrogens (tertiary/aromatic N) is 1. The van der Waals surface area contributed by atoms with Gasteiger partial charge in [-0.25, -0.2) is 0 Å². The van der Waals surface area contributed by atoms with Crippen LogP contribution in [0.1, 0.15) is 57.3 Å². The molecule has 1 aromatic heterocycles. The highest BCUT2D eigenvalue weighted by molar-refractivity contribution is 6.01. The van der Waals surface area contributed by atoms with Crippen molar-refractivity contribution in [3.05, 3.63) is 41.3 Å². The van der Waals surface area contributed by atoms with Crippen molar-refractivity contribution in [1.29, 1.82) is 0 Å². The van der Waals surface area contributed by atoms with Crippen molar-refractivity contribution in [3.8, 4) is 5.75 Å². The fourth-order valence-electron chi connectivity index (χ4n) is 8.89. The van der Waals surface area contributed by atoms with Gasteiger partial charge in [0.25, 0.3) is 0 Å². The number of carbonyl (C=O) groups excluding carboxylic acids is 2. The average Bonchev–Trinajstić information content (AvgIpc) is 3.42. The molecule has 0 bridgehead atoms. The summed E-state index contributed by atoms with van der Waals surface area (Å²) < 4.78 is 0. The molecule has 0 saturated heterocycles. The number of aryl methyl sites for hydroxylation is 2. The van der Waals surface area contributed by atoms with Crippen molar-refractivity contribution in [3.63, 3.8) is 0 Å². The van der Waals surface area contributed by atoms with Crippen LogP contribution in [-0.2, 0) is 16.0 Å². The van der Waals surface area contributed by atoms with Gasteiger partial charge >= 0.3 is 0 Å². The summed E-state index contributed by atoms with van der Waals surface area (Å²) in [5, 5.41) is 25.6. The Morgan fingerprint density at radius 3 is 2.85 bits per heavy atom. The van der Waals surface area contributed by atoms with Crippen molar-refractivity contribution < 1.29 is 19.8 Å². The van der Waals surface area contributed by atoms with E-state index in [1.807, 2.05) is 19.9 Å². The second-order valence-corrected chi connectivity index (χ2v) is 11.7. The van der Waals surface area contributed by atoms with E-state index in [0.29, 0.717) is 36.1 Å². The van der Waals surface area contributed by atoms with Gasteiger partial charge in [-0.1, -0.05) is 25.5 Å². The lowest BCUT2D eigenvalue weighted by Gasteiger charge is -2.51. The molecule has 6 nitrogen and oxygen atoms in total. The van der Waals surface area contributed by atoms with Crippen LogP contribution in [0.4, 0.5) is 5.69 Å². The van der Waals surface area contributed by atoms with Crippen molar-refractivity contribution in [2.75, 3.05) is 11.9 Å². The number of pyridine rings is 1. The van der Waals surface area contributed by atoms with Crippen LogP contribution in [0.25, 0.3) is 0 Å². The zero-order valence-corrected chi connectivity index (χ0v) is 20.2. The highest BCUT2D eigenvalue weighted by Crippen LogP contribution is 2.86. The smallest absolute Gasteiger partial charge is 0.183 e. The number of Topliss-reactive ketones (excluding diaryl/α,β-unsaturated/α-hetero) is 1. The number of nitrogens with one attached hydrogen (secondary N) is 1. The monoisotopic (exact) mass is 462 g/mol. The third-order valence-corrected chi connectivity index (χ3v) is 9.99. The van der Waals surface area contributed by atoms with E-state index in [4.69, 9.17) is 0 Å². The molecule has 4 saturated carbocycles. The topological polar surface area (TPSA) is 99.5 Å². The highest BCUT2D eigenvalue weighted by atomic mass is 16.3. The minimum absolute atomic E-state index is 0.00678. The minimum Gasteiger partial charge on any atom is -0.504 e. The maximum atomic E-state index is 13.6. The fraction of sp³-hybridized carbons (Fsp3) is 0.607. The van der Waals surface area contributed by atoms with Crippen LogP contribution in [0, 0.1) is 41.4 Å². The van der Waals surface area contributed by atoms with Gasteiger partial charge in [0, 0.05) is 17.5 Å². The summed E-state index contributed by atoms with van der Waals surface area (Å²) >= 11 is 0. The molecule has 1 aromatic rings. The molecule has 6 heteroatoms. The Labute approximate surface area is 200 Å². The molecular formula is C28H34N2O4. The van der Waals surface area contributed by atoms with Crippen molar-refractivity contribution in [2.45, 2.75) is 64.9 Å². The van der Waals surface area contributed by atoms with Crippen LogP contribution in [0.5, 0.6) is 5.75 Å². The number of hydrogen-bond acceptors (Lipinski definition) is 6.